The zero-order valence-electron chi connectivity index (χ0n) is 10.4. The minimum Gasteiger partial charge on any atom is -0.289 e. The zero-order chi connectivity index (χ0) is 11.9. The van der Waals surface area contributed by atoms with Gasteiger partial charge in [0.05, 0.1) is 6.04 Å². The third kappa shape index (κ3) is 1.43. The van der Waals surface area contributed by atoms with Gasteiger partial charge >= 0.3 is 0 Å². The molecule has 0 saturated heterocycles. The highest BCUT2D eigenvalue weighted by molar-refractivity contribution is 5.83. The highest BCUT2D eigenvalue weighted by Gasteiger charge is 2.40. The van der Waals surface area contributed by atoms with Gasteiger partial charge in [-0.05, 0) is 35.8 Å². The molecule has 18 heavy (non-hydrogen) atoms. The molecule has 0 radical (unpaired) electrons. The molecule has 4 rings (SSSR count). The predicted molar refractivity (Wildman–Crippen MR) is 75.1 cm³/mol. The number of nitrogens with zero attached hydrogens (tertiary/aromatic N) is 1. The number of aliphatic imine (C=N–C) groups is 1. The zero-order valence-corrected chi connectivity index (χ0v) is 10.4. The van der Waals surface area contributed by atoms with Crippen molar-refractivity contribution >= 4 is 6.21 Å². The standard InChI is InChI=1S/C17H17N/c1-3-7-14-12(5-1)9-10-16-17(14)15-8-4-2-6-13(15)11-18-16/h1-8,11-12,14,16-17H,9-10H2. The minimum atomic E-state index is 0.498. The third-order valence-electron chi connectivity index (χ3n) is 4.68. The maximum Gasteiger partial charge on any atom is 0.0574 e. The number of hydrogen-bond donors (Lipinski definition) is 0. The van der Waals surface area contributed by atoms with E-state index in [0.717, 1.165) is 5.92 Å². The van der Waals surface area contributed by atoms with E-state index in [0.29, 0.717) is 17.9 Å². The Morgan fingerprint density at radius 2 is 1.89 bits per heavy atom. The molecule has 2 aliphatic carbocycles. The van der Waals surface area contributed by atoms with Crippen LogP contribution in [-0.4, -0.2) is 12.3 Å². The molecule has 1 aromatic carbocycles. The number of hydrogen-bond acceptors (Lipinski definition) is 1. The second-order valence-electron chi connectivity index (χ2n) is 5.59. The van der Waals surface area contributed by atoms with Crippen molar-refractivity contribution in [2.24, 2.45) is 16.8 Å². The van der Waals surface area contributed by atoms with Crippen molar-refractivity contribution in [1.82, 2.24) is 0 Å². The Labute approximate surface area is 108 Å². The van der Waals surface area contributed by atoms with Crippen LogP contribution in [0.5, 0.6) is 0 Å². The normalized spacial score (nSPS) is 35.8. The summed E-state index contributed by atoms with van der Waals surface area (Å²) in [6.07, 6.45) is 13.8. The SMILES string of the molecule is C1=CC2CCC3N=Cc4ccccc4C3C2C=C1. The monoisotopic (exact) mass is 235 g/mol. The summed E-state index contributed by atoms with van der Waals surface area (Å²) in [6, 6.07) is 9.27. The van der Waals surface area contributed by atoms with Crippen LogP contribution in [0.3, 0.4) is 0 Å². The fourth-order valence-corrected chi connectivity index (χ4v) is 3.83. The van der Waals surface area contributed by atoms with Crippen molar-refractivity contribution in [1.29, 1.82) is 0 Å². The van der Waals surface area contributed by atoms with Crippen LogP contribution in [0.15, 0.2) is 53.6 Å². The summed E-state index contributed by atoms with van der Waals surface area (Å²) in [5.41, 5.74) is 2.83. The molecule has 1 aromatic rings. The van der Waals surface area contributed by atoms with Gasteiger partial charge in [0.1, 0.15) is 0 Å². The van der Waals surface area contributed by atoms with Crippen molar-refractivity contribution in [2.75, 3.05) is 0 Å². The highest BCUT2D eigenvalue weighted by Crippen LogP contribution is 2.47. The lowest BCUT2D eigenvalue weighted by atomic mass is 9.64. The summed E-state index contributed by atoms with van der Waals surface area (Å²) in [5.74, 6) is 1.95. The summed E-state index contributed by atoms with van der Waals surface area (Å²) in [4.78, 5) is 4.80. The summed E-state index contributed by atoms with van der Waals surface area (Å²) >= 11 is 0. The first-order chi connectivity index (χ1) is 8.93. The maximum atomic E-state index is 4.80. The maximum absolute atomic E-state index is 4.80. The molecular formula is C17H17N. The van der Waals surface area contributed by atoms with Crippen LogP contribution in [0.25, 0.3) is 0 Å². The Hall–Kier alpha value is -1.63. The molecular weight excluding hydrogens is 218 g/mol. The summed E-state index contributed by atoms with van der Waals surface area (Å²) < 4.78 is 0. The molecule has 0 amide bonds. The second kappa shape index (κ2) is 3.94. The van der Waals surface area contributed by atoms with Gasteiger partial charge in [0, 0.05) is 12.1 Å². The molecule has 90 valence electrons. The lowest BCUT2D eigenvalue weighted by Crippen LogP contribution is -2.36. The highest BCUT2D eigenvalue weighted by atomic mass is 14.8. The van der Waals surface area contributed by atoms with Gasteiger partial charge in [-0.25, -0.2) is 0 Å². The van der Waals surface area contributed by atoms with Gasteiger partial charge < -0.3 is 0 Å². The van der Waals surface area contributed by atoms with Gasteiger partial charge in [-0.1, -0.05) is 48.6 Å². The number of rotatable bonds is 0. The van der Waals surface area contributed by atoms with Crippen molar-refractivity contribution < 1.29 is 0 Å². The van der Waals surface area contributed by atoms with Crippen LogP contribution >= 0.6 is 0 Å². The van der Waals surface area contributed by atoms with Crippen molar-refractivity contribution in [3.8, 4) is 0 Å². The Morgan fingerprint density at radius 1 is 1.00 bits per heavy atom. The second-order valence-corrected chi connectivity index (χ2v) is 5.59. The van der Waals surface area contributed by atoms with E-state index >= 15 is 0 Å². The largest absolute Gasteiger partial charge is 0.289 e. The van der Waals surface area contributed by atoms with Gasteiger partial charge in [-0.2, -0.15) is 0 Å². The van der Waals surface area contributed by atoms with Crippen LogP contribution in [0, 0.1) is 11.8 Å². The van der Waals surface area contributed by atoms with E-state index in [1.54, 1.807) is 0 Å². The lowest BCUT2D eigenvalue weighted by Gasteiger charge is -2.42. The first kappa shape index (κ1) is 10.3. The third-order valence-corrected chi connectivity index (χ3v) is 4.68. The van der Waals surface area contributed by atoms with Crippen LogP contribution in [-0.2, 0) is 0 Å². The molecule has 1 nitrogen and oxygen atoms in total. The van der Waals surface area contributed by atoms with Gasteiger partial charge in [0.25, 0.3) is 0 Å². The predicted octanol–water partition coefficient (Wildman–Crippen LogP) is 3.72. The van der Waals surface area contributed by atoms with Gasteiger partial charge in [-0.3, -0.25) is 4.99 Å². The van der Waals surface area contributed by atoms with Crippen molar-refractivity contribution in [3.05, 3.63) is 59.7 Å². The van der Waals surface area contributed by atoms with Gasteiger partial charge in [0.2, 0.25) is 0 Å². The van der Waals surface area contributed by atoms with Gasteiger partial charge in [-0.15, -0.1) is 0 Å². The molecule has 4 atom stereocenters. The van der Waals surface area contributed by atoms with E-state index in [9.17, 15) is 0 Å². The first-order valence-electron chi connectivity index (χ1n) is 6.90. The number of benzene rings is 1. The van der Waals surface area contributed by atoms with Crippen LogP contribution in [0.4, 0.5) is 0 Å². The number of allylic oxidation sites excluding steroid dienone is 4. The molecule has 0 bridgehead atoms. The molecule has 1 heteroatoms. The molecule has 0 aromatic heterocycles. The lowest BCUT2D eigenvalue weighted by molar-refractivity contribution is 0.257. The molecule has 1 aliphatic heterocycles. The van der Waals surface area contributed by atoms with E-state index in [1.807, 2.05) is 0 Å². The smallest absolute Gasteiger partial charge is 0.0574 e. The van der Waals surface area contributed by atoms with Crippen LogP contribution < -0.4 is 0 Å². The Kier molecular flexibility index (Phi) is 2.26. The van der Waals surface area contributed by atoms with E-state index in [-0.39, 0.29) is 0 Å². The fourth-order valence-electron chi connectivity index (χ4n) is 3.83. The quantitative estimate of drug-likeness (QED) is 0.650. The molecule has 0 spiro atoms. The van der Waals surface area contributed by atoms with Crippen molar-refractivity contribution in [3.63, 3.8) is 0 Å². The first-order valence-corrected chi connectivity index (χ1v) is 6.90. The van der Waals surface area contributed by atoms with Gasteiger partial charge in [0.15, 0.2) is 0 Å². The molecule has 3 aliphatic rings. The average Bonchev–Trinajstić information content (AvgIpc) is 2.46. The molecule has 1 heterocycles. The Bertz CT molecular complexity index is 552. The van der Waals surface area contributed by atoms with E-state index in [4.69, 9.17) is 4.99 Å². The molecule has 0 N–H and O–H groups in total. The summed E-state index contributed by atoms with van der Waals surface area (Å²) in [6.45, 7) is 0. The molecule has 1 saturated carbocycles. The topological polar surface area (TPSA) is 12.4 Å². The number of fused-ring (bicyclic) bond motifs is 5. The van der Waals surface area contributed by atoms with Crippen LogP contribution in [0.1, 0.15) is 29.9 Å². The summed E-state index contributed by atoms with van der Waals surface area (Å²) in [5, 5.41) is 0. The summed E-state index contributed by atoms with van der Waals surface area (Å²) in [7, 11) is 0. The minimum absolute atomic E-state index is 0.498. The average molecular weight is 235 g/mol. The van der Waals surface area contributed by atoms with E-state index in [1.165, 1.54) is 24.0 Å². The Balaban J connectivity index is 1.82. The Morgan fingerprint density at radius 3 is 2.89 bits per heavy atom. The van der Waals surface area contributed by atoms with Crippen LogP contribution in [0.2, 0.25) is 0 Å². The van der Waals surface area contributed by atoms with E-state index < -0.39 is 0 Å². The van der Waals surface area contributed by atoms with E-state index in [2.05, 4.69) is 54.8 Å². The molecule has 4 unspecified atom stereocenters. The fraction of sp³-hybridized carbons (Fsp3) is 0.353. The molecule has 1 fully saturated rings. The van der Waals surface area contributed by atoms with Crippen molar-refractivity contribution in [2.45, 2.75) is 24.8 Å².